The van der Waals surface area contributed by atoms with E-state index in [-0.39, 0.29) is 6.17 Å². The summed E-state index contributed by atoms with van der Waals surface area (Å²) >= 11 is 0. The van der Waals surface area contributed by atoms with Crippen LogP contribution in [-0.4, -0.2) is 5.12 Å². The van der Waals surface area contributed by atoms with Crippen molar-refractivity contribution in [3.8, 4) is 0 Å². The Morgan fingerprint density at radius 1 is 1.25 bits per heavy atom. The lowest BCUT2D eigenvalue weighted by atomic mass is 10.2. The van der Waals surface area contributed by atoms with Crippen LogP contribution in [0.3, 0.4) is 0 Å². The minimum atomic E-state index is -0.355. The summed E-state index contributed by atoms with van der Waals surface area (Å²) in [7, 11) is 0. The SMILES string of the molecule is FN1C=CNC1c1ccccc1. The smallest absolute Gasteiger partial charge is 0.155 e. The summed E-state index contributed by atoms with van der Waals surface area (Å²) in [5, 5.41) is 3.54. The maximum absolute atomic E-state index is 13.0. The van der Waals surface area contributed by atoms with Crippen LogP contribution >= 0.6 is 0 Å². The molecule has 1 atom stereocenters. The lowest BCUT2D eigenvalue weighted by Crippen LogP contribution is -2.20. The molecule has 0 spiro atoms. The van der Waals surface area contributed by atoms with E-state index in [1.54, 1.807) is 6.20 Å². The molecule has 1 aromatic rings. The van der Waals surface area contributed by atoms with E-state index in [0.29, 0.717) is 5.12 Å². The van der Waals surface area contributed by atoms with Crippen molar-refractivity contribution in [1.82, 2.24) is 10.4 Å². The molecule has 0 amide bonds. The molecule has 0 fully saturated rings. The van der Waals surface area contributed by atoms with Gasteiger partial charge in [-0.1, -0.05) is 34.8 Å². The molecular formula is C9H9FN2. The molecule has 62 valence electrons. The van der Waals surface area contributed by atoms with Gasteiger partial charge in [0.1, 0.15) is 0 Å². The van der Waals surface area contributed by atoms with Gasteiger partial charge in [0.2, 0.25) is 0 Å². The molecule has 0 radical (unpaired) electrons. The lowest BCUT2D eigenvalue weighted by molar-refractivity contribution is 0.0407. The molecule has 0 saturated carbocycles. The summed E-state index contributed by atoms with van der Waals surface area (Å²) in [5.41, 5.74) is 0.921. The Kier molecular flexibility index (Phi) is 1.70. The van der Waals surface area contributed by atoms with Gasteiger partial charge in [-0.05, 0) is 5.56 Å². The van der Waals surface area contributed by atoms with E-state index in [1.807, 2.05) is 30.3 Å². The third-order valence-corrected chi connectivity index (χ3v) is 1.83. The van der Waals surface area contributed by atoms with Crippen molar-refractivity contribution < 1.29 is 4.48 Å². The number of halogens is 1. The summed E-state index contributed by atoms with van der Waals surface area (Å²) < 4.78 is 13.0. The Morgan fingerprint density at radius 2 is 2.00 bits per heavy atom. The van der Waals surface area contributed by atoms with Crippen LogP contribution in [0.4, 0.5) is 4.48 Å². The van der Waals surface area contributed by atoms with Crippen molar-refractivity contribution in [2.45, 2.75) is 6.17 Å². The fourth-order valence-corrected chi connectivity index (χ4v) is 1.24. The molecule has 12 heavy (non-hydrogen) atoms. The van der Waals surface area contributed by atoms with E-state index < -0.39 is 0 Å². The monoisotopic (exact) mass is 164 g/mol. The molecule has 1 aliphatic heterocycles. The highest BCUT2D eigenvalue weighted by atomic mass is 19.2. The van der Waals surface area contributed by atoms with E-state index in [2.05, 4.69) is 5.32 Å². The van der Waals surface area contributed by atoms with Crippen LogP contribution in [-0.2, 0) is 0 Å². The third kappa shape index (κ3) is 1.13. The average Bonchev–Trinajstić information content (AvgIpc) is 2.53. The number of nitrogens with one attached hydrogen (secondary N) is 1. The van der Waals surface area contributed by atoms with Crippen LogP contribution in [0.5, 0.6) is 0 Å². The highest BCUT2D eigenvalue weighted by molar-refractivity contribution is 5.20. The zero-order valence-corrected chi connectivity index (χ0v) is 6.44. The van der Waals surface area contributed by atoms with Gasteiger partial charge in [0.25, 0.3) is 0 Å². The highest BCUT2D eigenvalue weighted by Crippen LogP contribution is 2.21. The average molecular weight is 164 g/mol. The third-order valence-electron chi connectivity index (χ3n) is 1.83. The second-order valence-corrected chi connectivity index (χ2v) is 2.64. The Balaban J connectivity index is 2.22. The summed E-state index contributed by atoms with van der Waals surface area (Å²) in [4.78, 5) is 0. The van der Waals surface area contributed by atoms with Crippen molar-refractivity contribution in [3.63, 3.8) is 0 Å². The maximum Gasteiger partial charge on any atom is 0.155 e. The van der Waals surface area contributed by atoms with E-state index in [9.17, 15) is 4.48 Å². The van der Waals surface area contributed by atoms with Crippen LogP contribution in [0, 0.1) is 0 Å². The van der Waals surface area contributed by atoms with Crippen LogP contribution in [0.1, 0.15) is 11.7 Å². The van der Waals surface area contributed by atoms with Crippen LogP contribution in [0.2, 0.25) is 0 Å². The van der Waals surface area contributed by atoms with Crippen molar-refractivity contribution in [3.05, 3.63) is 48.3 Å². The number of rotatable bonds is 1. The summed E-state index contributed by atoms with van der Waals surface area (Å²) in [6.07, 6.45) is 2.61. The number of hydrogen-bond acceptors (Lipinski definition) is 2. The van der Waals surface area contributed by atoms with Gasteiger partial charge in [0.15, 0.2) is 6.17 Å². The fraction of sp³-hybridized carbons (Fsp3) is 0.111. The van der Waals surface area contributed by atoms with Gasteiger partial charge in [0.05, 0.1) is 6.20 Å². The fourth-order valence-electron chi connectivity index (χ4n) is 1.24. The van der Waals surface area contributed by atoms with Gasteiger partial charge in [-0.25, -0.2) is 0 Å². The minimum Gasteiger partial charge on any atom is -0.364 e. The van der Waals surface area contributed by atoms with Crippen molar-refractivity contribution in [2.24, 2.45) is 0 Å². The van der Waals surface area contributed by atoms with Gasteiger partial charge >= 0.3 is 0 Å². The van der Waals surface area contributed by atoms with Gasteiger partial charge in [-0.2, -0.15) is 5.12 Å². The summed E-state index contributed by atoms with van der Waals surface area (Å²) in [6.45, 7) is 0. The Morgan fingerprint density at radius 3 is 2.58 bits per heavy atom. The molecule has 3 heteroatoms. The van der Waals surface area contributed by atoms with Gasteiger partial charge in [0, 0.05) is 6.20 Å². The van der Waals surface area contributed by atoms with E-state index in [1.165, 1.54) is 6.20 Å². The Hall–Kier alpha value is -1.51. The minimum absolute atomic E-state index is 0.355. The first-order chi connectivity index (χ1) is 5.88. The first kappa shape index (κ1) is 7.16. The molecule has 2 nitrogen and oxygen atoms in total. The van der Waals surface area contributed by atoms with E-state index in [4.69, 9.17) is 0 Å². The van der Waals surface area contributed by atoms with E-state index >= 15 is 0 Å². The van der Waals surface area contributed by atoms with Crippen LogP contribution in [0.15, 0.2) is 42.7 Å². The molecule has 2 rings (SSSR count). The van der Waals surface area contributed by atoms with Gasteiger partial charge < -0.3 is 5.32 Å². The molecule has 1 heterocycles. The summed E-state index contributed by atoms with van der Waals surface area (Å²) in [5.74, 6) is 0. The summed E-state index contributed by atoms with van der Waals surface area (Å²) in [6, 6.07) is 9.47. The standard InChI is InChI=1S/C9H9FN2/c10-12-7-6-11-9(12)8-4-2-1-3-5-8/h1-7,9,11H. The second-order valence-electron chi connectivity index (χ2n) is 2.64. The van der Waals surface area contributed by atoms with Crippen molar-refractivity contribution in [2.75, 3.05) is 0 Å². The topological polar surface area (TPSA) is 15.3 Å². The Labute approximate surface area is 70.2 Å². The van der Waals surface area contributed by atoms with Crippen molar-refractivity contribution >= 4 is 0 Å². The largest absolute Gasteiger partial charge is 0.364 e. The molecule has 1 aromatic carbocycles. The van der Waals surface area contributed by atoms with E-state index in [0.717, 1.165) is 5.56 Å². The zero-order valence-electron chi connectivity index (χ0n) is 6.44. The predicted octanol–water partition coefficient (Wildman–Crippen LogP) is 1.95. The Bertz CT molecular complexity index is 284. The molecule has 0 aromatic heterocycles. The quantitative estimate of drug-likeness (QED) is 0.638. The first-order valence-electron chi connectivity index (χ1n) is 3.80. The molecule has 1 unspecified atom stereocenters. The van der Waals surface area contributed by atoms with Gasteiger partial charge in [-0.3, -0.25) is 0 Å². The number of nitrogens with zero attached hydrogens (tertiary/aromatic N) is 1. The zero-order chi connectivity index (χ0) is 8.39. The van der Waals surface area contributed by atoms with Crippen molar-refractivity contribution in [1.29, 1.82) is 0 Å². The lowest BCUT2D eigenvalue weighted by Gasteiger charge is -2.16. The van der Waals surface area contributed by atoms with Crippen LogP contribution in [0.25, 0.3) is 0 Å². The second kappa shape index (κ2) is 2.85. The normalized spacial score (nSPS) is 21.1. The molecule has 1 N–H and O–H groups in total. The highest BCUT2D eigenvalue weighted by Gasteiger charge is 2.19. The number of hydrogen-bond donors (Lipinski definition) is 1. The molecule has 1 aliphatic rings. The number of benzene rings is 1. The molecular weight excluding hydrogens is 155 g/mol. The maximum atomic E-state index is 13.0. The van der Waals surface area contributed by atoms with Gasteiger partial charge in [-0.15, -0.1) is 0 Å². The molecule has 0 aliphatic carbocycles. The predicted molar refractivity (Wildman–Crippen MR) is 44.4 cm³/mol. The molecule has 0 saturated heterocycles. The first-order valence-corrected chi connectivity index (χ1v) is 3.80. The molecule has 0 bridgehead atoms. The van der Waals surface area contributed by atoms with Crippen LogP contribution < -0.4 is 5.32 Å².